The van der Waals surface area contributed by atoms with Crippen LogP contribution in [-0.4, -0.2) is 33.8 Å². The molecule has 0 N–H and O–H groups in total. The first-order valence-electron chi connectivity index (χ1n) is 8.05. The number of fused-ring (bicyclic) bond motifs is 1. The van der Waals surface area contributed by atoms with Crippen LogP contribution in [-0.2, 0) is 11.2 Å². The van der Waals surface area contributed by atoms with Crippen LogP contribution in [0, 0.1) is 0 Å². The maximum Gasteiger partial charge on any atom is 0.251 e. The number of hydrogen-bond acceptors (Lipinski definition) is 4. The Labute approximate surface area is 147 Å². The van der Waals surface area contributed by atoms with E-state index in [-0.39, 0.29) is 5.91 Å². The normalized spacial score (nSPS) is 13.0. The van der Waals surface area contributed by atoms with Crippen molar-refractivity contribution in [3.63, 3.8) is 0 Å². The lowest BCUT2D eigenvalue weighted by Gasteiger charge is -2.15. The number of para-hydroxylation sites is 1. The van der Waals surface area contributed by atoms with Crippen LogP contribution in [0.2, 0.25) is 0 Å². The first-order valence-corrected chi connectivity index (χ1v) is 8.05. The zero-order valence-electron chi connectivity index (χ0n) is 14.6. The molecule has 0 atom stereocenters. The van der Waals surface area contributed by atoms with Crippen molar-refractivity contribution in [3.8, 4) is 17.2 Å². The molecule has 0 fully saturated rings. The number of amides is 1. The molecule has 1 amide bonds. The maximum atomic E-state index is 12.6. The Kier molecular flexibility index (Phi) is 4.93. The smallest absolute Gasteiger partial charge is 0.251 e. The highest BCUT2D eigenvalue weighted by Gasteiger charge is 2.22. The van der Waals surface area contributed by atoms with E-state index in [1.165, 1.54) is 5.56 Å². The summed E-state index contributed by atoms with van der Waals surface area (Å²) >= 11 is 0. The molecule has 5 nitrogen and oxygen atoms in total. The summed E-state index contributed by atoms with van der Waals surface area (Å²) in [5.74, 6) is 1.73. The van der Waals surface area contributed by atoms with Crippen LogP contribution in [0.3, 0.4) is 0 Å². The molecule has 0 aliphatic carbocycles. The predicted molar refractivity (Wildman–Crippen MR) is 97.6 cm³/mol. The molecule has 2 aromatic rings. The van der Waals surface area contributed by atoms with Gasteiger partial charge in [0, 0.05) is 29.9 Å². The van der Waals surface area contributed by atoms with E-state index in [1.54, 1.807) is 50.5 Å². The second-order valence-corrected chi connectivity index (χ2v) is 5.65. The number of anilines is 1. The fourth-order valence-corrected chi connectivity index (χ4v) is 3.00. The largest absolute Gasteiger partial charge is 0.496 e. The molecule has 1 heterocycles. The van der Waals surface area contributed by atoms with Gasteiger partial charge < -0.3 is 19.1 Å². The molecule has 0 bridgehead atoms. The first kappa shape index (κ1) is 16.9. The summed E-state index contributed by atoms with van der Waals surface area (Å²) in [5, 5.41) is 0. The molecule has 0 spiro atoms. The van der Waals surface area contributed by atoms with E-state index in [9.17, 15) is 4.79 Å². The topological polar surface area (TPSA) is 48.0 Å². The van der Waals surface area contributed by atoms with Crippen LogP contribution in [0.1, 0.15) is 11.1 Å². The molecule has 1 aliphatic rings. The molecule has 2 aromatic carbocycles. The number of benzene rings is 2. The number of rotatable bonds is 5. The monoisotopic (exact) mass is 339 g/mol. The summed E-state index contributed by atoms with van der Waals surface area (Å²) in [6.07, 6.45) is 4.19. The van der Waals surface area contributed by atoms with Gasteiger partial charge in [-0.1, -0.05) is 18.2 Å². The molecule has 0 saturated heterocycles. The van der Waals surface area contributed by atoms with Gasteiger partial charge in [-0.05, 0) is 30.2 Å². The Hall–Kier alpha value is -2.95. The number of hydrogen-bond donors (Lipinski definition) is 0. The third-order valence-electron chi connectivity index (χ3n) is 4.29. The highest BCUT2D eigenvalue weighted by Crippen LogP contribution is 2.35. The molecule has 1 aliphatic heterocycles. The van der Waals surface area contributed by atoms with Gasteiger partial charge in [0.2, 0.25) is 0 Å². The van der Waals surface area contributed by atoms with Crippen LogP contribution < -0.4 is 19.1 Å². The van der Waals surface area contributed by atoms with E-state index in [1.807, 2.05) is 18.2 Å². The van der Waals surface area contributed by atoms with Crippen molar-refractivity contribution in [3.05, 3.63) is 53.6 Å². The average Bonchev–Trinajstić information content (AvgIpc) is 3.09. The molecule has 0 saturated carbocycles. The molecule has 3 rings (SSSR count). The molecule has 0 aromatic heterocycles. The van der Waals surface area contributed by atoms with Crippen molar-refractivity contribution in [2.45, 2.75) is 6.42 Å². The predicted octanol–water partition coefficient (Wildman–Crippen LogP) is 3.31. The SMILES string of the molecule is COc1cc(OC)c(OC)cc1/C=C/C(=O)N1CCc2ccccc21. The zero-order chi connectivity index (χ0) is 17.8. The van der Waals surface area contributed by atoms with E-state index in [4.69, 9.17) is 14.2 Å². The Morgan fingerprint density at radius 1 is 1.00 bits per heavy atom. The van der Waals surface area contributed by atoms with Gasteiger partial charge in [-0.3, -0.25) is 4.79 Å². The molecule has 5 heteroatoms. The van der Waals surface area contributed by atoms with Crippen LogP contribution in [0.25, 0.3) is 6.08 Å². The maximum absolute atomic E-state index is 12.6. The van der Waals surface area contributed by atoms with Crippen molar-refractivity contribution in [2.75, 3.05) is 32.8 Å². The van der Waals surface area contributed by atoms with E-state index in [0.717, 1.165) is 17.7 Å². The lowest BCUT2D eigenvalue weighted by molar-refractivity contribution is -0.114. The highest BCUT2D eigenvalue weighted by atomic mass is 16.5. The van der Waals surface area contributed by atoms with Crippen LogP contribution >= 0.6 is 0 Å². The van der Waals surface area contributed by atoms with Gasteiger partial charge in [0.25, 0.3) is 5.91 Å². The number of carbonyl (C=O) groups is 1. The van der Waals surface area contributed by atoms with Gasteiger partial charge in [0.05, 0.1) is 21.3 Å². The number of nitrogens with zero attached hydrogens (tertiary/aromatic N) is 1. The van der Waals surface area contributed by atoms with E-state index < -0.39 is 0 Å². The third-order valence-corrected chi connectivity index (χ3v) is 4.29. The van der Waals surface area contributed by atoms with Gasteiger partial charge in [0.1, 0.15) is 5.75 Å². The first-order chi connectivity index (χ1) is 12.2. The number of carbonyl (C=O) groups excluding carboxylic acids is 1. The van der Waals surface area contributed by atoms with Crippen molar-refractivity contribution in [1.29, 1.82) is 0 Å². The lowest BCUT2D eigenvalue weighted by atomic mass is 10.1. The summed E-state index contributed by atoms with van der Waals surface area (Å²) < 4.78 is 16.0. The minimum atomic E-state index is -0.0539. The number of ether oxygens (including phenoxy) is 3. The third kappa shape index (κ3) is 3.31. The molecule has 25 heavy (non-hydrogen) atoms. The van der Waals surface area contributed by atoms with E-state index in [0.29, 0.717) is 23.8 Å². The summed E-state index contributed by atoms with van der Waals surface area (Å²) in [7, 11) is 4.72. The van der Waals surface area contributed by atoms with E-state index in [2.05, 4.69) is 6.07 Å². The van der Waals surface area contributed by atoms with Gasteiger partial charge in [-0.25, -0.2) is 0 Å². The molecule has 130 valence electrons. The average molecular weight is 339 g/mol. The zero-order valence-corrected chi connectivity index (χ0v) is 14.6. The molecular formula is C20H21NO4. The van der Waals surface area contributed by atoms with E-state index >= 15 is 0 Å². The summed E-state index contributed by atoms with van der Waals surface area (Å²) in [5.41, 5.74) is 2.94. The molecule has 0 radical (unpaired) electrons. The van der Waals surface area contributed by atoms with Gasteiger partial charge >= 0.3 is 0 Å². The lowest BCUT2D eigenvalue weighted by Crippen LogP contribution is -2.26. The Balaban J connectivity index is 1.86. The molecular weight excluding hydrogens is 318 g/mol. The summed E-state index contributed by atoms with van der Waals surface area (Å²) in [6, 6.07) is 11.5. The van der Waals surface area contributed by atoms with Gasteiger partial charge in [-0.2, -0.15) is 0 Å². The Morgan fingerprint density at radius 2 is 1.68 bits per heavy atom. The van der Waals surface area contributed by atoms with Crippen molar-refractivity contribution in [2.24, 2.45) is 0 Å². The van der Waals surface area contributed by atoms with Gasteiger partial charge in [0.15, 0.2) is 11.5 Å². The van der Waals surface area contributed by atoms with Crippen LogP contribution in [0.5, 0.6) is 17.2 Å². The van der Waals surface area contributed by atoms with Gasteiger partial charge in [-0.15, -0.1) is 0 Å². The highest BCUT2D eigenvalue weighted by molar-refractivity contribution is 6.05. The van der Waals surface area contributed by atoms with Crippen LogP contribution in [0.4, 0.5) is 5.69 Å². The second-order valence-electron chi connectivity index (χ2n) is 5.65. The minimum absolute atomic E-state index is 0.0539. The van der Waals surface area contributed by atoms with Crippen molar-refractivity contribution in [1.82, 2.24) is 0 Å². The van der Waals surface area contributed by atoms with Crippen LogP contribution in [0.15, 0.2) is 42.5 Å². The quantitative estimate of drug-likeness (QED) is 0.784. The second kappa shape index (κ2) is 7.30. The van der Waals surface area contributed by atoms with Crippen molar-refractivity contribution < 1.29 is 19.0 Å². The Bertz CT molecular complexity index is 813. The minimum Gasteiger partial charge on any atom is -0.496 e. The fourth-order valence-electron chi connectivity index (χ4n) is 3.00. The molecule has 0 unspecified atom stereocenters. The standard InChI is InChI=1S/C20H21NO4/c1-23-17-13-19(25-3)18(24-2)12-15(17)8-9-20(22)21-11-10-14-6-4-5-7-16(14)21/h4-9,12-13H,10-11H2,1-3H3/b9-8+. The Morgan fingerprint density at radius 3 is 2.40 bits per heavy atom. The fraction of sp³-hybridized carbons (Fsp3) is 0.250. The van der Waals surface area contributed by atoms with Crippen molar-refractivity contribution >= 4 is 17.7 Å². The summed E-state index contributed by atoms with van der Waals surface area (Å²) in [4.78, 5) is 14.4. The summed E-state index contributed by atoms with van der Waals surface area (Å²) in [6.45, 7) is 0.700. The number of methoxy groups -OCH3 is 3.